The molecular weight excluding hydrogens is 578 g/mol. The van der Waals surface area contributed by atoms with Gasteiger partial charge in [0.25, 0.3) is 0 Å². The van der Waals surface area contributed by atoms with Gasteiger partial charge < -0.3 is 10.2 Å². The van der Waals surface area contributed by atoms with Gasteiger partial charge in [-0.3, -0.25) is 0 Å². The zero-order valence-corrected chi connectivity index (χ0v) is 24.1. The van der Waals surface area contributed by atoms with Gasteiger partial charge in [-0.1, -0.05) is 35.3 Å². The number of hydrogen-bond donors (Lipinski definition) is 2. The van der Waals surface area contributed by atoms with Crippen LogP contribution in [0.15, 0.2) is 121 Å². The molecule has 0 spiro atoms. The fourth-order valence-electron chi connectivity index (χ4n) is 3.89. The molecule has 0 saturated heterocycles. The summed E-state index contributed by atoms with van der Waals surface area (Å²) in [6.45, 7) is 0. The van der Waals surface area contributed by atoms with Crippen LogP contribution in [0.4, 0.5) is 0 Å². The Morgan fingerprint density at radius 1 is 0.514 bits per heavy atom. The monoisotopic (exact) mass is 602 g/mol. The van der Waals surface area contributed by atoms with E-state index in [0.717, 1.165) is 12.8 Å². The zero-order chi connectivity index (χ0) is 25.3. The van der Waals surface area contributed by atoms with Crippen LogP contribution < -0.4 is 0 Å². The first kappa shape index (κ1) is 28.7. The molecule has 5 heteroatoms. The van der Waals surface area contributed by atoms with E-state index in [1.807, 2.05) is 0 Å². The van der Waals surface area contributed by atoms with E-state index in [-0.39, 0.29) is 37.7 Å². The molecule has 0 amide bonds. The predicted molar refractivity (Wildman–Crippen MR) is 153 cm³/mol. The third kappa shape index (κ3) is 8.90. The van der Waals surface area contributed by atoms with Gasteiger partial charge in [0.15, 0.2) is 0 Å². The zero-order valence-electron chi connectivity index (χ0n) is 20.1. The van der Waals surface area contributed by atoms with E-state index < -0.39 is 0 Å². The van der Waals surface area contributed by atoms with Crippen molar-refractivity contribution in [2.75, 3.05) is 0 Å². The molecule has 0 aliphatic carbocycles. The number of hydrogen-bond acceptors (Lipinski definition) is 2. The summed E-state index contributed by atoms with van der Waals surface area (Å²) < 4.78 is 0. The molecule has 0 aliphatic rings. The Kier molecular flexibility index (Phi) is 11.0. The Morgan fingerprint density at radius 2 is 0.865 bits per heavy atom. The summed E-state index contributed by atoms with van der Waals surface area (Å²) in [5, 5.41) is 24.1. The van der Waals surface area contributed by atoms with Gasteiger partial charge in [-0.25, -0.2) is 0 Å². The normalized spacial score (nSPS) is 10.1. The molecule has 0 aliphatic heterocycles. The second-order valence-electron chi connectivity index (χ2n) is 8.44. The minimum absolute atomic E-state index is 0. The summed E-state index contributed by atoms with van der Waals surface area (Å²) >= 11 is 11.0. The van der Waals surface area contributed by atoms with Crippen LogP contribution in [0, 0.1) is 0 Å². The molecule has 184 valence electrons. The maximum atomic E-state index is 8.70. The Morgan fingerprint density at radius 3 is 1.19 bits per heavy atom. The van der Waals surface area contributed by atoms with Gasteiger partial charge in [-0.15, -0.1) is 81.2 Å². The summed E-state index contributed by atoms with van der Waals surface area (Å²) in [5.41, 5.74) is 2.88. The molecule has 0 fully saturated rings. The summed E-state index contributed by atoms with van der Waals surface area (Å²) in [7, 11) is 0. The second-order valence-corrected chi connectivity index (χ2v) is 9.31. The SMILES string of the molecule is Oc1ccc(Cl)cc1.Oc1ccc(Cl)cc1.[Zr+2].c1ccc2[cH-]c(CCc3cc4ccccc4[cH-]3)cc2c1. The van der Waals surface area contributed by atoms with Gasteiger partial charge in [0.2, 0.25) is 0 Å². The van der Waals surface area contributed by atoms with Crippen LogP contribution in [0.3, 0.4) is 0 Å². The van der Waals surface area contributed by atoms with E-state index in [1.165, 1.54) is 32.7 Å². The van der Waals surface area contributed by atoms with Gasteiger partial charge in [-0.2, -0.15) is 12.1 Å². The van der Waals surface area contributed by atoms with Gasteiger partial charge in [-0.05, 0) is 61.4 Å². The summed E-state index contributed by atoms with van der Waals surface area (Å²) in [6, 6.07) is 39.2. The van der Waals surface area contributed by atoms with Crippen molar-refractivity contribution in [1.82, 2.24) is 0 Å². The number of fused-ring (bicyclic) bond motifs is 2. The Balaban J connectivity index is 0.000000186. The first-order valence-corrected chi connectivity index (χ1v) is 12.4. The molecule has 2 nitrogen and oxygen atoms in total. The van der Waals surface area contributed by atoms with Gasteiger partial charge in [0.1, 0.15) is 11.5 Å². The van der Waals surface area contributed by atoms with Crippen molar-refractivity contribution >= 4 is 44.7 Å². The predicted octanol–water partition coefficient (Wildman–Crippen LogP) is 9.30. The smallest absolute Gasteiger partial charge is 0.508 e. The van der Waals surface area contributed by atoms with Crippen molar-refractivity contribution < 1.29 is 36.4 Å². The molecular formula is C32H26Cl2O2Zr. The van der Waals surface area contributed by atoms with Gasteiger partial charge in [0.05, 0.1) is 0 Å². The molecule has 0 atom stereocenters. The second kappa shape index (κ2) is 14.2. The van der Waals surface area contributed by atoms with Crippen LogP contribution in [0.2, 0.25) is 10.0 Å². The topological polar surface area (TPSA) is 40.5 Å². The Hall–Kier alpha value is -2.84. The standard InChI is InChI=1S/C20H16.2C6H5ClO.Zr/c1-2-6-18-12-15(11-17(18)5-1)9-10-16-13-19-7-3-4-8-20(19)14-16;2*7-5-1-3-6(8)4-2-5;/h1-8,11-14H,9-10H2;2*1-4,8H;/q-2;;;+2. The molecule has 0 bridgehead atoms. The van der Waals surface area contributed by atoms with Crippen molar-refractivity contribution in [1.29, 1.82) is 0 Å². The number of rotatable bonds is 3. The first-order chi connectivity index (χ1) is 17.5. The molecule has 0 aromatic heterocycles. The van der Waals surface area contributed by atoms with Crippen molar-refractivity contribution in [3.8, 4) is 11.5 Å². The fourth-order valence-corrected chi connectivity index (χ4v) is 4.14. The molecule has 2 N–H and O–H groups in total. The summed E-state index contributed by atoms with van der Waals surface area (Å²) in [6.07, 6.45) is 2.23. The fraction of sp³-hybridized carbons (Fsp3) is 0.0625. The van der Waals surface area contributed by atoms with E-state index in [0.29, 0.717) is 10.0 Å². The van der Waals surface area contributed by atoms with Crippen molar-refractivity contribution in [2.45, 2.75) is 12.8 Å². The quantitative estimate of drug-likeness (QED) is 0.198. The van der Waals surface area contributed by atoms with Crippen molar-refractivity contribution in [3.05, 3.63) is 142 Å². The summed E-state index contributed by atoms with van der Waals surface area (Å²) in [4.78, 5) is 0. The Bertz CT molecular complexity index is 1290. The van der Waals surface area contributed by atoms with Crippen LogP contribution in [0.5, 0.6) is 11.5 Å². The molecule has 0 saturated carbocycles. The number of halogens is 2. The van der Waals surface area contributed by atoms with E-state index in [1.54, 1.807) is 48.5 Å². The average molecular weight is 605 g/mol. The molecule has 0 unspecified atom stereocenters. The molecule has 0 radical (unpaired) electrons. The molecule has 6 rings (SSSR count). The summed E-state index contributed by atoms with van der Waals surface area (Å²) in [5.74, 6) is 0.490. The van der Waals surface area contributed by atoms with Crippen LogP contribution in [-0.2, 0) is 39.0 Å². The molecule has 6 aromatic rings. The third-order valence-electron chi connectivity index (χ3n) is 5.71. The maximum absolute atomic E-state index is 8.70. The van der Waals surface area contributed by atoms with Gasteiger partial charge >= 0.3 is 26.2 Å². The van der Waals surface area contributed by atoms with E-state index >= 15 is 0 Å². The van der Waals surface area contributed by atoms with E-state index in [4.69, 9.17) is 33.4 Å². The number of benzene rings is 4. The van der Waals surface area contributed by atoms with Crippen molar-refractivity contribution in [2.24, 2.45) is 0 Å². The number of phenolic OH excluding ortho intramolecular Hbond substituents is 2. The Labute approximate surface area is 246 Å². The molecule has 37 heavy (non-hydrogen) atoms. The third-order valence-corrected chi connectivity index (χ3v) is 6.22. The number of aryl methyl sites for hydroxylation is 2. The largest absolute Gasteiger partial charge is 2.00 e. The number of phenols is 2. The van der Waals surface area contributed by atoms with Crippen molar-refractivity contribution in [3.63, 3.8) is 0 Å². The maximum Gasteiger partial charge on any atom is 2.00 e. The van der Waals surface area contributed by atoms with Crippen LogP contribution in [-0.4, -0.2) is 10.2 Å². The van der Waals surface area contributed by atoms with E-state index in [2.05, 4.69) is 72.8 Å². The first-order valence-electron chi connectivity index (χ1n) is 11.6. The van der Waals surface area contributed by atoms with Gasteiger partial charge in [0, 0.05) is 10.0 Å². The number of aromatic hydroxyl groups is 2. The van der Waals surface area contributed by atoms with E-state index in [9.17, 15) is 0 Å². The minimum atomic E-state index is 0. The van der Waals surface area contributed by atoms with Crippen LogP contribution in [0.1, 0.15) is 11.1 Å². The average Bonchev–Trinajstić information content (AvgIpc) is 3.50. The van der Waals surface area contributed by atoms with Crippen LogP contribution >= 0.6 is 23.2 Å². The minimum Gasteiger partial charge on any atom is -0.508 e. The van der Waals surface area contributed by atoms with Crippen LogP contribution in [0.25, 0.3) is 21.5 Å². The molecule has 6 aromatic carbocycles. The molecule has 0 heterocycles.